The van der Waals surface area contributed by atoms with Gasteiger partial charge in [-0.15, -0.1) is 0 Å². The van der Waals surface area contributed by atoms with Crippen molar-refractivity contribution in [2.75, 3.05) is 0 Å². The Morgan fingerprint density at radius 3 is 2.15 bits per heavy atom. The van der Waals surface area contributed by atoms with Gasteiger partial charge in [0.25, 0.3) is 0 Å². The molecule has 0 aliphatic heterocycles. The molecule has 0 heterocycles. The lowest BCUT2D eigenvalue weighted by Gasteiger charge is -2.12. The molecule has 0 amide bonds. The third-order valence-electron chi connectivity index (χ3n) is 5.74. The first-order chi connectivity index (χ1) is 9.34. The van der Waals surface area contributed by atoms with Crippen molar-refractivity contribution in [3.8, 4) is 0 Å². The lowest BCUT2D eigenvalue weighted by atomic mass is 10.00. The highest BCUT2D eigenvalue weighted by Gasteiger charge is 2.66. The van der Waals surface area contributed by atoms with Crippen molar-refractivity contribution in [2.24, 2.45) is 16.7 Å². The molecule has 1 aliphatic carbocycles. The molecule has 1 unspecified atom stereocenters. The molecule has 20 heavy (non-hydrogen) atoms. The first-order valence-corrected chi connectivity index (χ1v) is 8.37. The van der Waals surface area contributed by atoms with Gasteiger partial charge in [0.15, 0.2) is 0 Å². The first kappa shape index (κ1) is 14.1. The van der Waals surface area contributed by atoms with Crippen molar-refractivity contribution in [1.82, 2.24) is 0 Å². The van der Waals surface area contributed by atoms with Crippen molar-refractivity contribution >= 4 is 26.7 Å². The monoisotopic (exact) mass is 330 g/mol. The van der Waals surface area contributed by atoms with Crippen molar-refractivity contribution in [3.63, 3.8) is 0 Å². The van der Waals surface area contributed by atoms with Gasteiger partial charge in [-0.2, -0.15) is 0 Å². The normalized spacial score (nSPS) is 21.9. The second-order valence-electron chi connectivity index (χ2n) is 7.32. The topological polar surface area (TPSA) is 0 Å². The molecular weight excluding hydrogens is 308 g/mol. The molecule has 106 valence electrons. The Labute approximate surface area is 130 Å². The Balaban J connectivity index is 1.80. The molecule has 3 rings (SSSR count). The molecule has 1 heteroatoms. The maximum atomic E-state index is 3.96. The van der Waals surface area contributed by atoms with E-state index in [1.165, 1.54) is 16.3 Å². The third-order valence-corrected chi connectivity index (χ3v) is 6.59. The number of alkyl halides is 1. The SMILES string of the molecule is CC1(C)C(C(Br)Cc2ccc3ccccc3c2)C1(C)C. The van der Waals surface area contributed by atoms with Crippen LogP contribution >= 0.6 is 15.9 Å². The Kier molecular flexibility index (Phi) is 3.25. The minimum Gasteiger partial charge on any atom is -0.0884 e. The lowest BCUT2D eigenvalue weighted by molar-refractivity contribution is 0.457. The average molecular weight is 331 g/mol. The molecule has 0 N–H and O–H groups in total. The first-order valence-electron chi connectivity index (χ1n) is 7.46. The van der Waals surface area contributed by atoms with Crippen molar-refractivity contribution in [2.45, 2.75) is 38.9 Å². The maximum Gasteiger partial charge on any atom is 0.0225 e. The van der Waals surface area contributed by atoms with E-state index in [4.69, 9.17) is 0 Å². The number of hydrogen-bond donors (Lipinski definition) is 0. The molecule has 0 spiro atoms. The van der Waals surface area contributed by atoms with Gasteiger partial charge < -0.3 is 0 Å². The summed E-state index contributed by atoms with van der Waals surface area (Å²) in [5.74, 6) is 0.751. The van der Waals surface area contributed by atoms with Crippen LogP contribution in [0.2, 0.25) is 0 Å². The highest BCUT2D eigenvalue weighted by molar-refractivity contribution is 9.09. The van der Waals surface area contributed by atoms with E-state index in [2.05, 4.69) is 86.1 Å². The van der Waals surface area contributed by atoms with Gasteiger partial charge in [0.2, 0.25) is 0 Å². The minimum atomic E-state index is 0.442. The Bertz CT molecular complexity index is 625. The van der Waals surface area contributed by atoms with E-state index in [9.17, 15) is 0 Å². The van der Waals surface area contributed by atoms with Gasteiger partial charge >= 0.3 is 0 Å². The van der Waals surface area contributed by atoms with E-state index >= 15 is 0 Å². The molecule has 1 atom stereocenters. The molecule has 1 aliphatic rings. The molecule has 1 fully saturated rings. The van der Waals surface area contributed by atoms with Gasteiger partial charge in [-0.3, -0.25) is 0 Å². The summed E-state index contributed by atoms with van der Waals surface area (Å²) in [5.41, 5.74) is 2.32. The van der Waals surface area contributed by atoms with E-state index in [-0.39, 0.29) is 0 Å². The summed E-state index contributed by atoms with van der Waals surface area (Å²) >= 11 is 3.96. The minimum absolute atomic E-state index is 0.442. The van der Waals surface area contributed by atoms with Crippen molar-refractivity contribution < 1.29 is 0 Å². The Morgan fingerprint density at radius 2 is 1.55 bits per heavy atom. The smallest absolute Gasteiger partial charge is 0.0225 e. The summed E-state index contributed by atoms with van der Waals surface area (Å²) < 4.78 is 0. The van der Waals surface area contributed by atoms with Crippen molar-refractivity contribution in [3.05, 3.63) is 48.0 Å². The highest BCUT2D eigenvalue weighted by Crippen LogP contribution is 2.71. The van der Waals surface area contributed by atoms with Crippen LogP contribution in [0.1, 0.15) is 33.3 Å². The zero-order valence-electron chi connectivity index (χ0n) is 12.8. The number of hydrogen-bond acceptors (Lipinski definition) is 0. The van der Waals surface area contributed by atoms with Gasteiger partial charge in [0, 0.05) is 4.83 Å². The predicted octanol–water partition coefficient (Wildman–Crippen LogP) is 5.83. The zero-order chi connectivity index (χ0) is 14.5. The zero-order valence-corrected chi connectivity index (χ0v) is 14.4. The number of halogens is 1. The quantitative estimate of drug-likeness (QED) is 0.621. The van der Waals surface area contributed by atoms with Gasteiger partial charge in [0.05, 0.1) is 0 Å². The third kappa shape index (κ3) is 2.11. The summed E-state index contributed by atoms with van der Waals surface area (Å²) in [6.45, 7) is 9.58. The van der Waals surface area contributed by atoms with Crippen LogP contribution in [-0.4, -0.2) is 4.83 Å². The molecule has 0 bridgehead atoms. The van der Waals surface area contributed by atoms with Crippen LogP contribution in [0.25, 0.3) is 10.8 Å². The molecule has 0 radical (unpaired) electrons. The van der Waals surface area contributed by atoms with Crippen LogP contribution in [0.3, 0.4) is 0 Å². The van der Waals surface area contributed by atoms with Gasteiger partial charge in [-0.05, 0) is 39.5 Å². The van der Waals surface area contributed by atoms with Gasteiger partial charge in [-0.25, -0.2) is 0 Å². The van der Waals surface area contributed by atoms with Crippen LogP contribution < -0.4 is 0 Å². The van der Waals surface area contributed by atoms with E-state index in [1.54, 1.807) is 0 Å². The van der Waals surface area contributed by atoms with E-state index in [1.807, 2.05) is 0 Å². The maximum absolute atomic E-state index is 3.96. The summed E-state index contributed by atoms with van der Waals surface area (Å²) in [7, 11) is 0. The summed E-state index contributed by atoms with van der Waals surface area (Å²) in [5, 5.41) is 2.67. The van der Waals surface area contributed by atoms with Gasteiger partial charge in [-0.1, -0.05) is 86.1 Å². The molecule has 0 nitrogen and oxygen atoms in total. The van der Waals surface area contributed by atoms with Crippen LogP contribution in [-0.2, 0) is 6.42 Å². The fourth-order valence-corrected chi connectivity index (χ4v) is 5.56. The molecule has 0 aromatic heterocycles. The van der Waals surface area contributed by atoms with Crippen LogP contribution in [0.4, 0.5) is 0 Å². The average Bonchev–Trinajstić information content (AvgIpc) is 2.79. The summed E-state index contributed by atoms with van der Waals surface area (Å²) in [6, 6.07) is 15.5. The number of rotatable bonds is 3. The molecular formula is C19H23Br. The fraction of sp³-hybridized carbons (Fsp3) is 0.474. The summed E-state index contributed by atoms with van der Waals surface area (Å²) in [6.07, 6.45) is 1.11. The van der Waals surface area contributed by atoms with Crippen molar-refractivity contribution in [1.29, 1.82) is 0 Å². The van der Waals surface area contributed by atoms with Gasteiger partial charge in [0.1, 0.15) is 0 Å². The largest absolute Gasteiger partial charge is 0.0884 e. The van der Waals surface area contributed by atoms with Crippen LogP contribution in [0.5, 0.6) is 0 Å². The van der Waals surface area contributed by atoms with E-state index < -0.39 is 0 Å². The fourth-order valence-electron chi connectivity index (χ4n) is 3.86. The number of fused-ring (bicyclic) bond motifs is 1. The molecule has 2 aromatic carbocycles. The highest BCUT2D eigenvalue weighted by atomic mass is 79.9. The van der Waals surface area contributed by atoms with Crippen LogP contribution in [0, 0.1) is 16.7 Å². The lowest BCUT2D eigenvalue weighted by Crippen LogP contribution is -2.10. The molecule has 0 saturated heterocycles. The number of benzene rings is 2. The second-order valence-corrected chi connectivity index (χ2v) is 8.50. The Morgan fingerprint density at radius 1 is 0.950 bits per heavy atom. The molecule has 1 saturated carbocycles. The Hall–Kier alpha value is -0.820. The predicted molar refractivity (Wildman–Crippen MR) is 91.4 cm³/mol. The standard InChI is InChI=1S/C19H23Br/c1-18(2)17(19(18,3)4)16(20)12-13-9-10-14-7-5-6-8-15(14)11-13/h5-11,16-17H,12H2,1-4H3. The molecule has 2 aromatic rings. The second kappa shape index (κ2) is 4.59. The summed E-state index contributed by atoms with van der Waals surface area (Å²) in [4.78, 5) is 0.564. The van der Waals surface area contributed by atoms with E-state index in [0.29, 0.717) is 15.7 Å². The van der Waals surface area contributed by atoms with Crippen LogP contribution in [0.15, 0.2) is 42.5 Å². The van der Waals surface area contributed by atoms with E-state index in [0.717, 1.165) is 12.3 Å².